The van der Waals surface area contributed by atoms with Gasteiger partial charge in [0.05, 0.1) is 11.1 Å². The Morgan fingerprint density at radius 2 is 0.814 bits per heavy atom. The highest BCUT2D eigenvalue weighted by Crippen LogP contribution is 2.40. The molecular weight excluding hydrogens is 955 g/mol. The zero-order valence-electron chi connectivity index (χ0n) is 38.4. The first-order valence-corrected chi connectivity index (χ1v) is 24.8. The van der Waals surface area contributed by atoms with Crippen molar-refractivity contribution in [3.05, 3.63) is 155 Å². The molecular formula is C52H48F6N4O6S2. The Morgan fingerprint density at radius 3 is 1.14 bits per heavy atom. The van der Waals surface area contributed by atoms with Gasteiger partial charge in [-0.3, -0.25) is 0 Å². The second-order valence-electron chi connectivity index (χ2n) is 17.0. The van der Waals surface area contributed by atoms with Crippen LogP contribution in [-0.2, 0) is 46.2 Å². The van der Waals surface area contributed by atoms with Gasteiger partial charge >= 0.3 is 11.0 Å². The summed E-state index contributed by atoms with van der Waals surface area (Å²) in [5.74, 6) is 0. The molecule has 0 fully saturated rings. The molecule has 2 aliphatic rings. The van der Waals surface area contributed by atoms with Crippen LogP contribution in [0.15, 0.2) is 121 Å². The summed E-state index contributed by atoms with van der Waals surface area (Å²) in [6, 6.07) is 45.1. The first-order valence-electron chi connectivity index (χ1n) is 22.0. The molecule has 10 nitrogen and oxygen atoms in total. The highest BCUT2D eigenvalue weighted by atomic mass is 32.2. The fraction of sp³-hybridized carbons (Fsp3) is 0.231. The van der Waals surface area contributed by atoms with Crippen LogP contribution in [0.2, 0.25) is 0 Å². The summed E-state index contributed by atoms with van der Waals surface area (Å²) in [4.78, 5) is 4.40. The molecule has 0 atom stereocenters. The number of aryl methyl sites for hydroxylation is 2. The van der Waals surface area contributed by atoms with E-state index in [-0.39, 0.29) is 0 Å². The van der Waals surface area contributed by atoms with Gasteiger partial charge in [0, 0.05) is 99.6 Å². The highest BCUT2D eigenvalue weighted by Gasteiger charge is 2.38. The largest absolute Gasteiger partial charge is 0.741 e. The average molecular weight is 1000 g/mol. The molecule has 2 aliphatic heterocycles. The molecule has 7 aromatic rings. The number of benzene rings is 5. The number of rotatable bonds is 6. The highest BCUT2D eigenvalue weighted by molar-refractivity contribution is 7.86. The number of hydrogen-bond acceptors (Lipinski definition) is 8. The van der Waals surface area contributed by atoms with E-state index >= 15 is 0 Å². The van der Waals surface area contributed by atoms with Crippen molar-refractivity contribution in [2.45, 2.75) is 49.8 Å². The van der Waals surface area contributed by atoms with Crippen molar-refractivity contribution in [1.29, 1.82) is 0 Å². The number of alkyl halides is 6. The minimum atomic E-state index is -6.09. The second kappa shape index (κ2) is 20.4. The van der Waals surface area contributed by atoms with Crippen LogP contribution < -0.4 is 18.9 Å². The van der Waals surface area contributed by atoms with E-state index in [0.29, 0.717) is 0 Å². The Labute approximate surface area is 402 Å². The molecule has 0 radical (unpaired) electrons. The van der Waals surface area contributed by atoms with Gasteiger partial charge in [-0.05, 0) is 82.3 Å². The summed E-state index contributed by atoms with van der Waals surface area (Å²) in [5, 5.41) is 5.11. The minimum Gasteiger partial charge on any atom is -0.741 e. The van der Waals surface area contributed by atoms with Gasteiger partial charge in [-0.15, -0.1) is 0 Å². The fourth-order valence-electron chi connectivity index (χ4n) is 8.92. The topological polar surface area (TPSA) is 129 Å². The first-order chi connectivity index (χ1) is 33.0. The molecule has 4 heterocycles. The monoisotopic (exact) mass is 1000 g/mol. The smallest absolute Gasteiger partial charge is 0.485 e. The van der Waals surface area contributed by atoms with Gasteiger partial charge < -0.3 is 18.9 Å². The van der Waals surface area contributed by atoms with E-state index in [1.165, 1.54) is 89.1 Å². The molecule has 0 unspecified atom stereocenters. The van der Waals surface area contributed by atoms with Crippen molar-refractivity contribution < 1.29 is 61.4 Å². The standard InChI is InChI=1S/C50H48N4.2CHF3O3S/c1-51(2)45-31-27-35(41-17-5-7-19-43(41)45)25-29-39-15-9-21-47-49-37(13-11-33-53(39)47)23-24-38-14-12-34-54-40(16-10-22-48(54)50(38)49)30-26-36-28-32-46(52(3)4)44-20-8-6-18-42(36)44;2*2-1(3,4)8(5,6)7/h5-10,15-32H,11-14,33-34H2,1-4H3;2*(H,5,6,7)/q+2;;/p-2. The second-order valence-corrected chi connectivity index (χ2v) is 19.8. The maximum atomic E-state index is 10.7. The Balaban J connectivity index is 0.000000390. The van der Waals surface area contributed by atoms with Crippen molar-refractivity contribution in [2.24, 2.45) is 0 Å². The van der Waals surface area contributed by atoms with Crippen LogP contribution in [-0.4, -0.2) is 65.1 Å². The third-order valence-electron chi connectivity index (χ3n) is 12.1. The summed E-state index contributed by atoms with van der Waals surface area (Å²) in [6.45, 7) is 1.98. The average Bonchev–Trinajstić information content (AvgIpc) is 3.61. The number of nitrogens with zero attached hydrogens (tertiary/aromatic N) is 4. The molecule has 0 spiro atoms. The van der Waals surface area contributed by atoms with E-state index in [4.69, 9.17) is 25.9 Å². The molecule has 9 rings (SSSR count). The van der Waals surface area contributed by atoms with Crippen LogP contribution in [0, 0.1) is 0 Å². The van der Waals surface area contributed by atoms with Crippen LogP contribution >= 0.6 is 0 Å². The summed E-state index contributed by atoms with van der Waals surface area (Å²) < 4.78 is 123. The maximum Gasteiger partial charge on any atom is 0.485 e. The quantitative estimate of drug-likeness (QED) is 0.0697. The van der Waals surface area contributed by atoms with Crippen LogP contribution in [0.5, 0.6) is 0 Å². The van der Waals surface area contributed by atoms with Gasteiger partial charge in [-0.1, -0.05) is 72.8 Å². The number of fused-ring (bicyclic) bond motifs is 9. The van der Waals surface area contributed by atoms with Crippen LogP contribution in [0.1, 0.15) is 46.5 Å². The minimum absolute atomic E-state index is 0.989. The van der Waals surface area contributed by atoms with Gasteiger partial charge in [0.1, 0.15) is 13.1 Å². The Kier molecular flexibility index (Phi) is 14.9. The van der Waals surface area contributed by atoms with Crippen molar-refractivity contribution in [2.75, 3.05) is 38.0 Å². The van der Waals surface area contributed by atoms with Gasteiger partial charge in [0.2, 0.25) is 22.8 Å². The number of halogens is 6. The lowest BCUT2D eigenvalue weighted by molar-refractivity contribution is -0.689. The summed E-state index contributed by atoms with van der Waals surface area (Å²) in [6.07, 6.45) is 13.6. The molecule has 0 amide bonds. The normalized spacial score (nSPS) is 13.8. The Hall–Kier alpha value is -6.60. The van der Waals surface area contributed by atoms with Gasteiger partial charge in [0.25, 0.3) is 0 Å². The molecule has 70 heavy (non-hydrogen) atoms. The molecule has 0 bridgehead atoms. The van der Waals surface area contributed by atoms with Gasteiger partial charge in [-0.25, -0.2) is 16.8 Å². The van der Waals surface area contributed by atoms with E-state index < -0.39 is 31.3 Å². The van der Waals surface area contributed by atoms with Crippen LogP contribution in [0.25, 0.3) is 68.4 Å². The third kappa shape index (κ3) is 11.0. The number of hydrogen-bond donors (Lipinski definition) is 0. The third-order valence-corrected chi connectivity index (χ3v) is 13.2. The van der Waals surface area contributed by atoms with E-state index in [9.17, 15) is 26.3 Å². The summed E-state index contributed by atoms with van der Waals surface area (Å²) in [7, 11) is -3.71. The van der Waals surface area contributed by atoms with E-state index in [1.54, 1.807) is 0 Å². The predicted octanol–water partition coefficient (Wildman–Crippen LogP) is 10.4. The lowest BCUT2D eigenvalue weighted by atomic mass is 9.88. The molecule has 0 N–H and O–H groups in total. The summed E-state index contributed by atoms with van der Waals surface area (Å²) in [5.41, 5.74) is 4.50. The molecule has 18 heteroatoms. The Bertz CT molecular complexity index is 3170. The van der Waals surface area contributed by atoms with Crippen LogP contribution in [0.4, 0.5) is 37.7 Å². The molecule has 2 aromatic heterocycles. The van der Waals surface area contributed by atoms with Gasteiger partial charge in [-0.2, -0.15) is 35.5 Å². The lowest BCUT2D eigenvalue weighted by Gasteiger charge is -2.16. The molecule has 366 valence electrons. The van der Waals surface area contributed by atoms with Crippen molar-refractivity contribution in [3.8, 4) is 22.5 Å². The fourth-order valence-corrected chi connectivity index (χ4v) is 8.92. The summed E-state index contributed by atoms with van der Waals surface area (Å²) >= 11 is 0. The number of pyridine rings is 2. The van der Waals surface area contributed by atoms with Crippen molar-refractivity contribution in [1.82, 2.24) is 0 Å². The SMILES string of the molecule is CN(C)c1ccc(/C=C/c2cccc3[n+]2CCCc2ccc4c(c2-3)-c2cccc(/C=C/c3ccc(N(C)C)c5ccccc35)[n+]2CCC4)c2ccccc12.O=S(=O)([O-])C(F)(F)F.O=S(=O)([O-])C(F)(F)F. The zero-order valence-corrected chi connectivity index (χ0v) is 40.1. The lowest BCUT2D eigenvalue weighted by Crippen LogP contribution is -2.40. The van der Waals surface area contributed by atoms with Gasteiger partial charge in [0.15, 0.2) is 20.2 Å². The van der Waals surface area contributed by atoms with E-state index in [2.05, 4.69) is 193 Å². The zero-order chi connectivity index (χ0) is 50.8. The predicted molar refractivity (Wildman–Crippen MR) is 260 cm³/mol. The molecule has 5 aromatic carbocycles. The van der Waals surface area contributed by atoms with Crippen LogP contribution in [0.3, 0.4) is 0 Å². The maximum absolute atomic E-state index is 10.7. The van der Waals surface area contributed by atoms with E-state index in [0.717, 1.165) is 38.8 Å². The molecule has 0 saturated heterocycles. The first kappa shape index (κ1) is 51.3. The molecule has 0 aliphatic carbocycles. The Morgan fingerprint density at radius 1 is 0.471 bits per heavy atom. The van der Waals surface area contributed by atoms with Crippen molar-refractivity contribution >= 4 is 77.5 Å². The van der Waals surface area contributed by atoms with E-state index in [1.807, 2.05) is 0 Å². The number of anilines is 2. The van der Waals surface area contributed by atoms with Crippen molar-refractivity contribution in [3.63, 3.8) is 0 Å². The molecule has 0 saturated carbocycles. The number of aromatic nitrogens is 2.